The van der Waals surface area contributed by atoms with Crippen LogP contribution >= 0.6 is 11.6 Å². The average Bonchev–Trinajstić information content (AvgIpc) is 3.47. The molecule has 10 heteroatoms. The molecule has 0 unspecified atom stereocenters. The molecule has 29 heavy (non-hydrogen) atoms. The first-order valence-electron chi connectivity index (χ1n) is 8.74. The van der Waals surface area contributed by atoms with E-state index in [1.807, 2.05) is 6.07 Å². The third-order valence-electron chi connectivity index (χ3n) is 4.02. The molecule has 150 valence electrons. The maximum Gasteiger partial charge on any atom is 0.573 e. The Balaban J connectivity index is 1.61. The number of ether oxygens (including phenoxy) is 1. The lowest BCUT2D eigenvalue weighted by molar-refractivity contribution is -0.274. The van der Waals surface area contributed by atoms with Gasteiger partial charge in [0.25, 0.3) is 0 Å². The van der Waals surface area contributed by atoms with Gasteiger partial charge in [0.05, 0.1) is 10.7 Å². The maximum atomic E-state index is 12.4. The Kier molecular flexibility index (Phi) is 5.14. The molecular weight excluding hydrogens is 407 g/mol. The van der Waals surface area contributed by atoms with E-state index in [4.69, 9.17) is 11.6 Å². The topological polar surface area (TPSA) is 72.0 Å². The zero-order valence-electron chi connectivity index (χ0n) is 14.9. The molecule has 2 aromatic heterocycles. The van der Waals surface area contributed by atoms with Gasteiger partial charge in [-0.2, -0.15) is 4.98 Å². The predicted octanol–water partition coefficient (Wildman–Crippen LogP) is 5.41. The summed E-state index contributed by atoms with van der Waals surface area (Å²) in [6, 6.07) is 9.65. The Labute approximate surface area is 169 Å². The quantitative estimate of drug-likeness (QED) is 0.554. The van der Waals surface area contributed by atoms with E-state index in [2.05, 4.69) is 30.3 Å². The second-order valence-corrected chi connectivity index (χ2v) is 6.85. The number of halogens is 4. The van der Waals surface area contributed by atoms with E-state index in [0.29, 0.717) is 29.2 Å². The number of nitrogens with zero attached hydrogens (tertiary/aromatic N) is 3. The van der Waals surface area contributed by atoms with Crippen LogP contribution in [-0.2, 0) is 0 Å². The van der Waals surface area contributed by atoms with E-state index < -0.39 is 12.1 Å². The van der Waals surface area contributed by atoms with Crippen LogP contribution in [0, 0.1) is 0 Å². The molecule has 1 fully saturated rings. The Morgan fingerprint density at radius 1 is 1.10 bits per heavy atom. The Morgan fingerprint density at radius 2 is 1.93 bits per heavy atom. The summed E-state index contributed by atoms with van der Waals surface area (Å²) in [7, 11) is 0. The highest BCUT2D eigenvalue weighted by Crippen LogP contribution is 2.33. The minimum Gasteiger partial charge on any atom is -0.404 e. The molecule has 0 atom stereocenters. The molecule has 0 radical (unpaired) electrons. The van der Waals surface area contributed by atoms with Crippen LogP contribution in [-0.4, -0.2) is 27.4 Å². The van der Waals surface area contributed by atoms with E-state index in [1.54, 1.807) is 24.5 Å². The maximum absolute atomic E-state index is 12.4. The van der Waals surface area contributed by atoms with Crippen LogP contribution in [0.2, 0.25) is 5.02 Å². The summed E-state index contributed by atoms with van der Waals surface area (Å²) in [5.41, 5.74) is 1.92. The second-order valence-electron chi connectivity index (χ2n) is 6.44. The predicted molar refractivity (Wildman–Crippen MR) is 103 cm³/mol. The number of hydrogen-bond donors (Lipinski definition) is 2. The lowest BCUT2D eigenvalue weighted by atomic mass is 10.2. The van der Waals surface area contributed by atoms with Gasteiger partial charge in [-0.1, -0.05) is 11.6 Å². The van der Waals surface area contributed by atoms with E-state index in [0.717, 1.165) is 24.5 Å². The summed E-state index contributed by atoms with van der Waals surface area (Å²) in [5.74, 6) is 0.446. The summed E-state index contributed by atoms with van der Waals surface area (Å²) in [6.45, 7) is 0. The van der Waals surface area contributed by atoms with Gasteiger partial charge in [0.15, 0.2) is 0 Å². The highest BCUT2D eigenvalue weighted by atomic mass is 35.5. The Morgan fingerprint density at radius 3 is 2.59 bits per heavy atom. The zero-order valence-corrected chi connectivity index (χ0v) is 15.6. The molecule has 0 bridgehead atoms. The molecule has 1 saturated carbocycles. The summed E-state index contributed by atoms with van der Waals surface area (Å²) < 4.78 is 41.1. The molecule has 1 aromatic carbocycles. The Hall–Kier alpha value is -3.07. The number of benzene rings is 1. The molecule has 0 amide bonds. The normalized spacial score (nSPS) is 13.8. The van der Waals surface area contributed by atoms with Gasteiger partial charge in [0.2, 0.25) is 5.95 Å². The number of alkyl halides is 3. The highest BCUT2D eigenvalue weighted by molar-refractivity contribution is 6.32. The minimum atomic E-state index is -4.81. The molecule has 4 rings (SSSR count). The van der Waals surface area contributed by atoms with Crippen molar-refractivity contribution < 1.29 is 17.9 Å². The molecule has 3 aromatic rings. The summed E-state index contributed by atoms with van der Waals surface area (Å²) in [6.07, 6.45) is 0.652. The number of pyridine rings is 1. The van der Waals surface area contributed by atoms with Crippen LogP contribution in [0.4, 0.5) is 30.6 Å². The molecule has 0 spiro atoms. The minimum absolute atomic E-state index is 0.176. The largest absolute Gasteiger partial charge is 0.573 e. The van der Waals surface area contributed by atoms with Crippen molar-refractivity contribution in [3.05, 3.63) is 53.8 Å². The standard InChI is InChI=1S/C19H15ClF3N5O/c20-14-8-13(5-6-16(14)29-19(21,22)23)25-17-9-15(11-2-1-7-24-10-11)27-18(28-17)26-12-3-4-12/h1-2,5-10,12H,3-4H2,(H2,25,26,27,28). The lowest BCUT2D eigenvalue weighted by Gasteiger charge is -2.13. The molecular formula is C19H15ClF3N5O. The van der Waals surface area contributed by atoms with Gasteiger partial charge >= 0.3 is 6.36 Å². The number of rotatable bonds is 6. The van der Waals surface area contributed by atoms with E-state index >= 15 is 0 Å². The van der Waals surface area contributed by atoms with Crippen molar-refractivity contribution in [1.29, 1.82) is 0 Å². The third kappa shape index (κ3) is 5.26. The molecule has 0 aliphatic heterocycles. The molecule has 2 N–H and O–H groups in total. The van der Waals surface area contributed by atoms with Gasteiger partial charge in [-0.15, -0.1) is 13.2 Å². The van der Waals surface area contributed by atoms with Crippen molar-refractivity contribution in [1.82, 2.24) is 15.0 Å². The molecule has 1 aliphatic carbocycles. The SMILES string of the molecule is FC(F)(F)Oc1ccc(Nc2cc(-c3cccnc3)nc(NC3CC3)n2)cc1Cl. The van der Waals surface area contributed by atoms with Crippen molar-refractivity contribution in [2.75, 3.05) is 10.6 Å². The zero-order chi connectivity index (χ0) is 20.4. The molecule has 6 nitrogen and oxygen atoms in total. The van der Waals surface area contributed by atoms with Gasteiger partial charge in [0, 0.05) is 35.8 Å². The van der Waals surface area contributed by atoms with Gasteiger partial charge < -0.3 is 15.4 Å². The van der Waals surface area contributed by atoms with Crippen molar-refractivity contribution in [3.63, 3.8) is 0 Å². The number of aromatic nitrogens is 3. The van der Waals surface area contributed by atoms with Gasteiger partial charge in [-0.3, -0.25) is 4.98 Å². The van der Waals surface area contributed by atoms with Crippen LogP contribution in [0.25, 0.3) is 11.3 Å². The van der Waals surface area contributed by atoms with Crippen LogP contribution in [0.5, 0.6) is 5.75 Å². The van der Waals surface area contributed by atoms with Gasteiger partial charge in [0.1, 0.15) is 11.6 Å². The molecule has 1 aliphatic rings. The lowest BCUT2D eigenvalue weighted by Crippen LogP contribution is -2.17. The van der Waals surface area contributed by atoms with Crippen molar-refractivity contribution >= 4 is 29.1 Å². The van der Waals surface area contributed by atoms with Crippen LogP contribution in [0.15, 0.2) is 48.8 Å². The Bertz CT molecular complexity index is 1010. The fourth-order valence-electron chi connectivity index (χ4n) is 2.58. The number of anilines is 3. The summed E-state index contributed by atoms with van der Waals surface area (Å²) >= 11 is 5.92. The van der Waals surface area contributed by atoms with Crippen LogP contribution in [0.1, 0.15) is 12.8 Å². The van der Waals surface area contributed by atoms with E-state index in [9.17, 15) is 13.2 Å². The first-order chi connectivity index (χ1) is 13.9. The summed E-state index contributed by atoms with van der Waals surface area (Å²) in [5, 5.41) is 6.12. The van der Waals surface area contributed by atoms with E-state index in [-0.39, 0.29) is 5.02 Å². The fraction of sp³-hybridized carbons (Fsp3) is 0.211. The highest BCUT2D eigenvalue weighted by Gasteiger charge is 2.32. The fourth-order valence-corrected chi connectivity index (χ4v) is 2.80. The van der Waals surface area contributed by atoms with Crippen molar-refractivity contribution in [3.8, 4) is 17.0 Å². The first-order valence-corrected chi connectivity index (χ1v) is 9.12. The monoisotopic (exact) mass is 421 g/mol. The third-order valence-corrected chi connectivity index (χ3v) is 4.32. The van der Waals surface area contributed by atoms with Crippen LogP contribution < -0.4 is 15.4 Å². The second kappa shape index (κ2) is 7.75. The number of hydrogen-bond acceptors (Lipinski definition) is 6. The van der Waals surface area contributed by atoms with Crippen molar-refractivity contribution in [2.45, 2.75) is 25.2 Å². The number of nitrogens with one attached hydrogen (secondary N) is 2. The van der Waals surface area contributed by atoms with Crippen molar-refractivity contribution in [2.24, 2.45) is 0 Å². The van der Waals surface area contributed by atoms with Gasteiger partial charge in [-0.25, -0.2) is 4.98 Å². The summed E-state index contributed by atoms with van der Waals surface area (Å²) in [4.78, 5) is 13.1. The average molecular weight is 422 g/mol. The van der Waals surface area contributed by atoms with Gasteiger partial charge in [-0.05, 0) is 43.2 Å². The van der Waals surface area contributed by atoms with Crippen LogP contribution in [0.3, 0.4) is 0 Å². The van der Waals surface area contributed by atoms with E-state index in [1.165, 1.54) is 12.1 Å². The first kappa shape index (κ1) is 19.3. The molecule has 0 saturated heterocycles. The molecule has 2 heterocycles. The smallest absolute Gasteiger partial charge is 0.404 e.